The Labute approximate surface area is 83.9 Å². The Bertz CT molecular complexity index is 391. The Balaban J connectivity index is 2.49. The molecule has 1 aromatic carbocycles. The van der Waals surface area contributed by atoms with Crippen molar-refractivity contribution in [3.05, 3.63) is 29.3 Å². The molecule has 2 heteroatoms. The minimum atomic E-state index is 0.0741. The molecule has 2 nitrogen and oxygen atoms in total. The fourth-order valence-corrected chi connectivity index (χ4v) is 1.76. The van der Waals surface area contributed by atoms with Gasteiger partial charge in [-0.05, 0) is 13.0 Å². The fraction of sp³-hybridized carbons (Fsp3) is 0.417. The Hall–Kier alpha value is -1.31. The third kappa shape index (κ3) is 1.31. The smallest absolute Gasteiger partial charge is 0.159 e. The number of Topliss-reactive ketones (excluding diaryl/α,β-unsaturated/α-hetero) is 1. The minimum absolute atomic E-state index is 0.0741. The lowest BCUT2D eigenvalue weighted by Gasteiger charge is -2.14. The van der Waals surface area contributed by atoms with Gasteiger partial charge in [0.2, 0.25) is 0 Å². The first kappa shape index (κ1) is 9.25. The Morgan fingerprint density at radius 1 is 1.43 bits per heavy atom. The van der Waals surface area contributed by atoms with Crippen LogP contribution in [0.2, 0.25) is 0 Å². The molecule has 1 aromatic rings. The number of ether oxygens (including phenoxy) is 1. The summed E-state index contributed by atoms with van der Waals surface area (Å²) in [6.07, 6.45) is 0. The second-order valence-corrected chi connectivity index (χ2v) is 4.44. The zero-order valence-electron chi connectivity index (χ0n) is 8.76. The van der Waals surface area contributed by atoms with Crippen molar-refractivity contribution in [2.24, 2.45) is 0 Å². The Morgan fingerprint density at radius 2 is 2.14 bits per heavy atom. The highest BCUT2D eigenvalue weighted by Crippen LogP contribution is 2.38. The highest BCUT2D eigenvalue weighted by atomic mass is 16.5. The maximum Gasteiger partial charge on any atom is 0.159 e. The molecule has 2 rings (SSSR count). The van der Waals surface area contributed by atoms with Crippen molar-refractivity contribution in [2.45, 2.75) is 26.2 Å². The first-order chi connectivity index (χ1) is 6.50. The second-order valence-electron chi connectivity index (χ2n) is 4.44. The summed E-state index contributed by atoms with van der Waals surface area (Å²) in [5.74, 6) is 0.948. The zero-order valence-corrected chi connectivity index (χ0v) is 8.76. The summed E-state index contributed by atoms with van der Waals surface area (Å²) in [6, 6.07) is 5.71. The first-order valence-corrected chi connectivity index (χ1v) is 4.79. The lowest BCUT2D eigenvalue weighted by atomic mass is 9.86. The van der Waals surface area contributed by atoms with E-state index in [0.717, 1.165) is 11.3 Å². The summed E-state index contributed by atoms with van der Waals surface area (Å²) < 4.78 is 5.55. The molecular formula is C12H14O2. The highest BCUT2D eigenvalue weighted by molar-refractivity contribution is 5.94. The number of fused-ring (bicyclic) bond motifs is 1. The van der Waals surface area contributed by atoms with Crippen LogP contribution in [0.15, 0.2) is 18.2 Å². The van der Waals surface area contributed by atoms with Crippen LogP contribution in [0.25, 0.3) is 0 Å². The van der Waals surface area contributed by atoms with Crippen molar-refractivity contribution in [2.75, 3.05) is 6.61 Å². The van der Waals surface area contributed by atoms with Crippen LogP contribution < -0.4 is 4.74 Å². The van der Waals surface area contributed by atoms with Crippen molar-refractivity contribution in [1.29, 1.82) is 0 Å². The van der Waals surface area contributed by atoms with E-state index in [4.69, 9.17) is 4.74 Å². The van der Waals surface area contributed by atoms with Gasteiger partial charge < -0.3 is 4.74 Å². The van der Waals surface area contributed by atoms with E-state index in [2.05, 4.69) is 13.8 Å². The first-order valence-electron chi connectivity index (χ1n) is 4.79. The number of rotatable bonds is 1. The molecule has 0 N–H and O–H groups in total. The largest absolute Gasteiger partial charge is 0.492 e. The van der Waals surface area contributed by atoms with E-state index in [0.29, 0.717) is 6.61 Å². The number of carbonyl (C=O) groups is 1. The van der Waals surface area contributed by atoms with E-state index in [9.17, 15) is 4.79 Å². The van der Waals surface area contributed by atoms with Gasteiger partial charge >= 0.3 is 0 Å². The van der Waals surface area contributed by atoms with Gasteiger partial charge in [-0.15, -0.1) is 0 Å². The molecule has 0 saturated heterocycles. The second kappa shape index (κ2) is 2.84. The topological polar surface area (TPSA) is 26.3 Å². The number of hydrogen-bond acceptors (Lipinski definition) is 2. The number of ketones is 1. The van der Waals surface area contributed by atoms with Crippen LogP contribution in [0.5, 0.6) is 5.75 Å². The van der Waals surface area contributed by atoms with Gasteiger partial charge in [0, 0.05) is 16.5 Å². The third-order valence-electron chi connectivity index (χ3n) is 2.71. The van der Waals surface area contributed by atoms with Crippen molar-refractivity contribution in [3.8, 4) is 5.75 Å². The maximum absolute atomic E-state index is 11.2. The van der Waals surface area contributed by atoms with Crippen LogP contribution >= 0.6 is 0 Å². The van der Waals surface area contributed by atoms with E-state index in [1.54, 1.807) is 6.92 Å². The minimum Gasteiger partial charge on any atom is -0.492 e. The molecule has 0 spiro atoms. The molecular weight excluding hydrogens is 176 g/mol. The van der Waals surface area contributed by atoms with Crippen LogP contribution in [0, 0.1) is 0 Å². The standard InChI is InChI=1S/C12H14O2/c1-8(13)9-4-5-10-11(6-9)14-7-12(10,2)3/h4-6H,7H2,1-3H3. The molecule has 74 valence electrons. The summed E-state index contributed by atoms with van der Waals surface area (Å²) in [5, 5.41) is 0. The molecule has 0 fully saturated rings. The van der Waals surface area contributed by atoms with Crippen LogP contribution in [-0.2, 0) is 5.41 Å². The van der Waals surface area contributed by atoms with Gasteiger partial charge in [0.25, 0.3) is 0 Å². The summed E-state index contributed by atoms with van der Waals surface area (Å²) in [4.78, 5) is 11.2. The van der Waals surface area contributed by atoms with Crippen molar-refractivity contribution >= 4 is 5.78 Å². The van der Waals surface area contributed by atoms with Gasteiger partial charge in [-0.2, -0.15) is 0 Å². The van der Waals surface area contributed by atoms with Crippen molar-refractivity contribution in [1.82, 2.24) is 0 Å². The van der Waals surface area contributed by atoms with Gasteiger partial charge in [0.05, 0.1) is 6.61 Å². The normalized spacial score (nSPS) is 17.4. The van der Waals surface area contributed by atoms with Crippen LogP contribution in [0.3, 0.4) is 0 Å². The van der Waals surface area contributed by atoms with Crippen molar-refractivity contribution in [3.63, 3.8) is 0 Å². The number of hydrogen-bond donors (Lipinski definition) is 0. The zero-order chi connectivity index (χ0) is 10.3. The van der Waals surface area contributed by atoms with E-state index >= 15 is 0 Å². The molecule has 1 heterocycles. The predicted molar refractivity (Wildman–Crippen MR) is 55.0 cm³/mol. The Kier molecular flexibility index (Phi) is 1.88. The summed E-state index contributed by atoms with van der Waals surface area (Å²) >= 11 is 0. The molecule has 1 aliphatic rings. The van der Waals surface area contributed by atoms with Gasteiger partial charge in [-0.1, -0.05) is 26.0 Å². The van der Waals surface area contributed by atoms with E-state index < -0.39 is 0 Å². The highest BCUT2D eigenvalue weighted by Gasteiger charge is 2.31. The average Bonchev–Trinajstić information content (AvgIpc) is 2.42. The van der Waals surface area contributed by atoms with Gasteiger partial charge in [-0.25, -0.2) is 0 Å². The van der Waals surface area contributed by atoms with Gasteiger partial charge in [-0.3, -0.25) is 4.79 Å². The lowest BCUT2D eigenvalue weighted by molar-refractivity contribution is 0.101. The molecule has 0 aliphatic carbocycles. The molecule has 0 radical (unpaired) electrons. The van der Waals surface area contributed by atoms with E-state index in [1.807, 2.05) is 18.2 Å². The average molecular weight is 190 g/mol. The van der Waals surface area contributed by atoms with Crippen LogP contribution in [0.4, 0.5) is 0 Å². The molecule has 0 atom stereocenters. The van der Waals surface area contributed by atoms with Crippen molar-refractivity contribution < 1.29 is 9.53 Å². The SMILES string of the molecule is CC(=O)c1ccc2c(c1)OCC2(C)C. The fourth-order valence-electron chi connectivity index (χ4n) is 1.76. The number of benzene rings is 1. The number of carbonyl (C=O) groups excluding carboxylic acids is 1. The van der Waals surface area contributed by atoms with E-state index in [1.165, 1.54) is 5.56 Å². The molecule has 0 amide bonds. The molecule has 0 saturated carbocycles. The molecule has 0 aromatic heterocycles. The molecule has 0 bridgehead atoms. The predicted octanol–water partition coefficient (Wildman–Crippen LogP) is 2.56. The quantitative estimate of drug-likeness (QED) is 0.636. The van der Waals surface area contributed by atoms with Gasteiger partial charge in [0.1, 0.15) is 5.75 Å². The summed E-state index contributed by atoms with van der Waals surface area (Å²) in [7, 11) is 0. The van der Waals surface area contributed by atoms with E-state index in [-0.39, 0.29) is 11.2 Å². The Morgan fingerprint density at radius 3 is 2.79 bits per heavy atom. The summed E-state index contributed by atoms with van der Waals surface area (Å²) in [6.45, 7) is 6.56. The lowest BCUT2D eigenvalue weighted by Crippen LogP contribution is -2.18. The molecule has 14 heavy (non-hydrogen) atoms. The van der Waals surface area contributed by atoms with Gasteiger partial charge in [0.15, 0.2) is 5.78 Å². The molecule has 0 unspecified atom stereocenters. The molecule has 1 aliphatic heterocycles. The third-order valence-corrected chi connectivity index (χ3v) is 2.71. The van der Waals surface area contributed by atoms with Crippen LogP contribution in [-0.4, -0.2) is 12.4 Å². The maximum atomic E-state index is 11.2. The monoisotopic (exact) mass is 190 g/mol. The van der Waals surface area contributed by atoms with Crippen LogP contribution in [0.1, 0.15) is 36.7 Å². The summed E-state index contributed by atoms with van der Waals surface area (Å²) in [5.41, 5.74) is 1.99.